The third-order valence-corrected chi connectivity index (χ3v) is 3.97. The van der Waals surface area contributed by atoms with E-state index in [0.717, 1.165) is 5.39 Å². The summed E-state index contributed by atoms with van der Waals surface area (Å²) in [6.45, 7) is 0. The van der Waals surface area contributed by atoms with Crippen molar-refractivity contribution in [2.75, 3.05) is 0 Å². The molecule has 1 aliphatic carbocycles. The maximum absolute atomic E-state index is 11.0. The minimum Gasteiger partial charge on any atom is -0.355 e. The fraction of sp³-hybridized carbons (Fsp3) is 0.429. The Bertz CT molecular complexity index is 582. The number of benzene rings is 1. The summed E-state index contributed by atoms with van der Waals surface area (Å²) in [6.07, 6.45) is 8.23. The number of rotatable bonds is 2. The van der Waals surface area contributed by atoms with Gasteiger partial charge in [-0.25, -0.2) is 0 Å². The topological polar surface area (TPSA) is 58.9 Å². The number of non-ortho nitro benzene ring substituents is 1. The van der Waals surface area contributed by atoms with Crippen molar-refractivity contribution in [2.45, 2.75) is 38.0 Å². The van der Waals surface area contributed by atoms with E-state index in [2.05, 4.69) is 4.98 Å². The number of hydrogen-bond donors (Lipinski definition) is 1. The maximum Gasteiger partial charge on any atom is 0.293 e. The quantitative estimate of drug-likeness (QED) is 0.638. The minimum absolute atomic E-state index is 0.176. The van der Waals surface area contributed by atoms with Crippen molar-refractivity contribution >= 4 is 16.6 Å². The van der Waals surface area contributed by atoms with Crippen molar-refractivity contribution in [1.29, 1.82) is 0 Å². The molecule has 0 spiro atoms. The molecule has 0 radical (unpaired) electrons. The molecule has 0 amide bonds. The van der Waals surface area contributed by atoms with Gasteiger partial charge in [0.2, 0.25) is 0 Å². The summed E-state index contributed by atoms with van der Waals surface area (Å²) >= 11 is 0. The molecule has 4 nitrogen and oxygen atoms in total. The van der Waals surface area contributed by atoms with Gasteiger partial charge in [0.05, 0.1) is 4.92 Å². The summed E-state index contributed by atoms with van der Waals surface area (Å²) < 4.78 is 0. The highest BCUT2D eigenvalue weighted by molar-refractivity contribution is 5.90. The molecular formula is C14H16N2O2. The van der Waals surface area contributed by atoms with Crippen molar-refractivity contribution in [3.8, 4) is 0 Å². The minimum atomic E-state index is -0.316. The zero-order valence-electron chi connectivity index (χ0n) is 10.2. The zero-order chi connectivity index (χ0) is 12.5. The Hall–Kier alpha value is -1.84. The van der Waals surface area contributed by atoms with Crippen molar-refractivity contribution in [2.24, 2.45) is 0 Å². The van der Waals surface area contributed by atoms with E-state index in [9.17, 15) is 10.1 Å². The van der Waals surface area contributed by atoms with E-state index < -0.39 is 0 Å². The van der Waals surface area contributed by atoms with Crippen LogP contribution in [-0.4, -0.2) is 9.91 Å². The maximum atomic E-state index is 11.0. The molecule has 0 aliphatic heterocycles. The van der Waals surface area contributed by atoms with Gasteiger partial charge in [0.1, 0.15) is 5.52 Å². The number of nitrogens with one attached hydrogen (secondary N) is 1. The van der Waals surface area contributed by atoms with Gasteiger partial charge in [-0.3, -0.25) is 10.1 Å². The summed E-state index contributed by atoms with van der Waals surface area (Å²) in [7, 11) is 0. The molecule has 1 saturated carbocycles. The van der Waals surface area contributed by atoms with Gasteiger partial charge >= 0.3 is 0 Å². The van der Waals surface area contributed by atoms with Crippen molar-refractivity contribution in [1.82, 2.24) is 4.98 Å². The molecule has 1 aromatic heterocycles. The molecule has 1 N–H and O–H groups in total. The molecule has 0 bridgehead atoms. The van der Waals surface area contributed by atoms with Gasteiger partial charge in [-0.05, 0) is 24.3 Å². The van der Waals surface area contributed by atoms with Crippen LogP contribution in [0, 0.1) is 10.1 Å². The summed E-state index contributed by atoms with van der Waals surface area (Å²) in [5.74, 6) is 0.564. The van der Waals surface area contributed by atoms with E-state index in [4.69, 9.17) is 0 Å². The second-order valence-corrected chi connectivity index (χ2v) is 5.04. The average molecular weight is 244 g/mol. The Balaban J connectivity index is 2.08. The second kappa shape index (κ2) is 4.44. The standard InChI is InChI=1S/C14H16N2O2/c17-16(18)13-8-4-7-11-12(9-15-14(11)13)10-5-2-1-3-6-10/h4,7-10,15H,1-3,5-6H2. The van der Waals surface area contributed by atoms with Crippen LogP contribution in [0.25, 0.3) is 10.9 Å². The van der Waals surface area contributed by atoms with E-state index in [0.29, 0.717) is 11.4 Å². The van der Waals surface area contributed by atoms with Crippen molar-refractivity contribution in [3.05, 3.63) is 40.1 Å². The lowest BCUT2D eigenvalue weighted by molar-refractivity contribution is -0.383. The number of aromatic nitrogens is 1. The van der Waals surface area contributed by atoms with Crippen LogP contribution < -0.4 is 0 Å². The van der Waals surface area contributed by atoms with Gasteiger partial charge in [0.25, 0.3) is 5.69 Å². The lowest BCUT2D eigenvalue weighted by atomic mass is 9.84. The Kier molecular flexibility index (Phi) is 2.78. The zero-order valence-corrected chi connectivity index (χ0v) is 10.2. The molecule has 3 rings (SSSR count). The molecule has 18 heavy (non-hydrogen) atoms. The van der Waals surface area contributed by atoms with Crippen LogP contribution in [0.15, 0.2) is 24.4 Å². The van der Waals surface area contributed by atoms with E-state index in [1.54, 1.807) is 12.1 Å². The number of nitrogens with zero attached hydrogens (tertiary/aromatic N) is 1. The highest BCUT2D eigenvalue weighted by atomic mass is 16.6. The van der Waals surface area contributed by atoms with Gasteiger partial charge < -0.3 is 4.98 Å². The Morgan fingerprint density at radius 1 is 1.22 bits per heavy atom. The molecule has 4 heteroatoms. The highest BCUT2D eigenvalue weighted by Crippen LogP contribution is 2.38. The van der Waals surface area contributed by atoms with E-state index in [-0.39, 0.29) is 10.6 Å². The molecule has 1 aromatic carbocycles. The molecule has 94 valence electrons. The largest absolute Gasteiger partial charge is 0.355 e. The number of H-pyrrole nitrogens is 1. The van der Waals surface area contributed by atoms with E-state index in [1.165, 1.54) is 37.7 Å². The van der Waals surface area contributed by atoms with Gasteiger partial charge in [-0.1, -0.05) is 31.4 Å². The molecule has 1 fully saturated rings. The second-order valence-electron chi connectivity index (χ2n) is 5.04. The fourth-order valence-corrected chi connectivity index (χ4v) is 3.06. The Morgan fingerprint density at radius 2 is 2.00 bits per heavy atom. The molecule has 0 saturated heterocycles. The lowest BCUT2D eigenvalue weighted by Gasteiger charge is -2.21. The predicted octanol–water partition coefficient (Wildman–Crippen LogP) is 4.12. The molecular weight excluding hydrogens is 228 g/mol. The SMILES string of the molecule is O=[N+]([O-])c1cccc2c(C3CCCCC3)c[nH]c12. The fourth-order valence-electron chi connectivity index (χ4n) is 3.06. The van der Waals surface area contributed by atoms with Gasteiger partial charge in [-0.15, -0.1) is 0 Å². The van der Waals surface area contributed by atoms with Crippen LogP contribution in [0.4, 0.5) is 5.69 Å². The number of para-hydroxylation sites is 1. The average Bonchev–Trinajstić information content (AvgIpc) is 2.83. The number of nitro benzene ring substituents is 1. The van der Waals surface area contributed by atoms with Crippen LogP contribution in [0.1, 0.15) is 43.6 Å². The van der Waals surface area contributed by atoms with Gasteiger partial charge in [-0.2, -0.15) is 0 Å². The van der Waals surface area contributed by atoms with Crippen LogP contribution >= 0.6 is 0 Å². The van der Waals surface area contributed by atoms with E-state index >= 15 is 0 Å². The van der Waals surface area contributed by atoms with Crippen molar-refractivity contribution in [3.63, 3.8) is 0 Å². The first-order chi connectivity index (χ1) is 8.77. The third-order valence-electron chi connectivity index (χ3n) is 3.97. The van der Waals surface area contributed by atoms with Crippen molar-refractivity contribution < 1.29 is 4.92 Å². The van der Waals surface area contributed by atoms with Crippen LogP contribution in [0.5, 0.6) is 0 Å². The number of hydrogen-bond acceptors (Lipinski definition) is 2. The highest BCUT2D eigenvalue weighted by Gasteiger charge is 2.21. The Labute approximate surface area is 105 Å². The molecule has 0 unspecified atom stereocenters. The smallest absolute Gasteiger partial charge is 0.293 e. The monoisotopic (exact) mass is 244 g/mol. The molecule has 1 heterocycles. The number of fused-ring (bicyclic) bond motifs is 1. The molecule has 1 aliphatic rings. The van der Waals surface area contributed by atoms with Crippen LogP contribution in [-0.2, 0) is 0 Å². The van der Waals surface area contributed by atoms with Crippen LogP contribution in [0.3, 0.4) is 0 Å². The number of nitro groups is 1. The lowest BCUT2D eigenvalue weighted by Crippen LogP contribution is -2.03. The summed E-state index contributed by atoms with van der Waals surface area (Å²) in [5, 5.41) is 12.0. The van der Waals surface area contributed by atoms with Crippen LogP contribution in [0.2, 0.25) is 0 Å². The first-order valence-corrected chi connectivity index (χ1v) is 6.52. The summed E-state index contributed by atoms with van der Waals surface area (Å²) in [6, 6.07) is 5.33. The first-order valence-electron chi connectivity index (χ1n) is 6.52. The summed E-state index contributed by atoms with van der Waals surface area (Å²) in [5.41, 5.74) is 2.10. The predicted molar refractivity (Wildman–Crippen MR) is 70.8 cm³/mol. The Morgan fingerprint density at radius 3 is 2.72 bits per heavy atom. The van der Waals surface area contributed by atoms with Gasteiger partial charge in [0, 0.05) is 17.6 Å². The molecule has 0 atom stereocenters. The van der Waals surface area contributed by atoms with Gasteiger partial charge in [0.15, 0.2) is 0 Å². The third kappa shape index (κ3) is 1.78. The van der Waals surface area contributed by atoms with E-state index in [1.807, 2.05) is 12.3 Å². The normalized spacial score (nSPS) is 17.1. The molecule has 2 aromatic rings. The first kappa shape index (κ1) is 11.3. The summed E-state index contributed by atoms with van der Waals surface area (Å²) in [4.78, 5) is 13.8. The number of aromatic amines is 1.